The molecule has 0 aromatic carbocycles. The minimum absolute atomic E-state index is 0.0424. The molecule has 3 atom stereocenters. The van der Waals surface area contributed by atoms with Gasteiger partial charge in [-0.15, -0.1) is 0 Å². The van der Waals surface area contributed by atoms with Gasteiger partial charge in [0.1, 0.15) is 12.3 Å². The zero-order valence-corrected chi connectivity index (χ0v) is 11.4. The minimum atomic E-state index is -5.10. The third-order valence-corrected chi connectivity index (χ3v) is 3.23. The summed E-state index contributed by atoms with van der Waals surface area (Å²) in [5.74, 6) is 0. The fourth-order valence-electron chi connectivity index (χ4n) is 1.93. The standard InChI is InChI=1S/C9H13N2O9P/c12-4-6-5(13)3-8(19-6)10-2-1-7(14)11(9(10)15)20-21(16,17)18/h1-2,5-6,8,12-13H,3-4H2,(H2,16,17,18)/t5-,6+,8+/m0/s1. The largest absolute Gasteiger partial charge is 0.544 e. The summed E-state index contributed by atoms with van der Waals surface area (Å²) in [7, 11) is -5.10. The fourth-order valence-corrected chi connectivity index (χ4v) is 2.29. The molecule has 0 unspecified atom stereocenters. The highest BCUT2D eigenvalue weighted by molar-refractivity contribution is 7.46. The molecule has 0 radical (unpaired) electrons. The van der Waals surface area contributed by atoms with Crippen LogP contribution in [0.15, 0.2) is 21.9 Å². The van der Waals surface area contributed by atoms with E-state index in [1.165, 1.54) is 0 Å². The highest BCUT2D eigenvalue weighted by Gasteiger charge is 2.35. The monoisotopic (exact) mass is 324 g/mol. The van der Waals surface area contributed by atoms with Crippen LogP contribution in [0.1, 0.15) is 12.6 Å². The summed E-state index contributed by atoms with van der Waals surface area (Å²) in [6.07, 6.45) is -1.92. The lowest BCUT2D eigenvalue weighted by Gasteiger charge is -2.16. The Bertz CT molecular complexity index is 677. The molecule has 2 rings (SSSR count). The molecule has 1 saturated heterocycles. The topological polar surface area (TPSA) is 160 Å². The predicted octanol–water partition coefficient (Wildman–Crippen LogP) is -2.83. The van der Waals surface area contributed by atoms with E-state index < -0.39 is 44.1 Å². The molecule has 1 aliphatic rings. The summed E-state index contributed by atoms with van der Waals surface area (Å²) < 4.78 is 20.7. The van der Waals surface area contributed by atoms with Gasteiger partial charge in [0.2, 0.25) is 0 Å². The normalized spacial score (nSPS) is 26.0. The Morgan fingerprint density at radius 3 is 2.62 bits per heavy atom. The maximum atomic E-state index is 12.0. The van der Waals surface area contributed by atoms with Crippen molar-refractivity contribution in [3.05, 3.63) is 33.1 Å². The summed E-state index contributed by atoms with van der Waals surface area (Å²) in [6.45, 7) is -0.467. The number of rotatable bonds is 4. The van der Waals surface area contributed by atoms with Crippen molar-refractivity contribution < 1.29 is 33.9 Å². The maximum absolute atomic E-state index is 12.0. The number of aliphatic hydroxyl groups excluding tert-OH is 2. The molecule has 0 amide bonds. The van der Waals surface area contributed by atoms with Gasteiger partial charge >= 0.3 is 13.5 Å². The molecular weight excluding hydrogens is 311 g/mol. The van der Waals surface area contributed by atoms with Gasteiger partial charge in [0.15, 0.2) is 0 Å². The van der Waals surface area contributed by atoms with Gasteiger partial charge in [-0.3, -0.25) is 19.1 Å². The lowest BCUT2D eigenvalue weighted by molar-refractivity contribution is -0.0474. The van der Waals surface area contributed by atoms with Crippen molar-refractivity contribution in [2.45, 2.75) is 24.9 Å². The Morgan fingerprint density at radius 1 is 1.43 bits per heavy atom. The Balaban J connectivity index is 2.39. The number of hydrogen-bond acceptors (Lipinski definition) is 7. The average Bonchev–Trinajstić information content (AvgIpc) is 2.74. The van der Waals surface area contributed by atoms with Gasteiger partial charge in [-0.1, -0.05) is 4.73 Å². The van der Waals surface area contributed by atoms with Crippen LogP contribution in [-0.4, -0.2) is 48.1 Å². The Kier molecular flexibility index (Phi) is 4.33. The first-order valence-corrected chi connectivity index (χ1v) is 7.30. The van der Waals surface area contributed by atoms with Crippen molar-refractivity contribution in [2.24, 2.45) is 0 Å². The summed E-state index contributed by atoms with van der Waals surface area (Å²) >= 11 is 0. The first-order chi connectivity index (χ1) is 9.73. The predicted molar refractivity (Wildman–Crippen MR) is 65.2 cm³/mol. The van der Waals surface area contributed by atoms with Crippen molar-refractivity contribution >= 4 is 7.82 Å². The Morgan fingerprint density at radius 2 is 2.10 bits per heavy atom. The number of aliphatic hydroxyl groups is 2. The van der Waals surface area contributed by atoms with E-state index in [4.69, 9.17) is 19.6 Å². The summed E-state index contributed by atoms with van der Waals surface area (Å²) in [6, 6.07) is 0.846. The molecule has 2 heterocycles. The molecular formula is C9H13N2O9P. The molecule has 1 aromatic rings. The molecule has 1 aliphatic heterocycles. The summed E-state index contributed by atoms with van der Waals surface area (Å²) in [5, 5.41) is 18.6. The van der Waals surface area contributed by atoms with Gasteiger partial charge in [0, 0.05) is 18.7 Å². The van der Waals surface area contributed by atoms with Crippen LogP contribution in [0.4, 0.5) is 0 Å². The average molecular weight is 324 g/mol. The highest BCUT2D eigenvalue weighted by atomic mass is 31.2. The number of hydrogen-bond donors (Lipinski definition) is 4. The smallest absolute Gasteiger partial charge is 0.394 e. The molecule has 21 heavy (non-hydrogen) atoms. The van der Waals surface area contributed by atoms with Crippen molar-refractivity contribution in [1.82, 2.24) is 9.30 Å². The number of ether oxygens (including phenoxy) is 1. The summed E-state index contributed by atoms with van der Waals surface area (Å²) in [4.78, 5) is 40.8. The number of aromatic nitrogens is 2. The maximum Gasteiger partial charge on any atom is 0.544 e. The van der Waals surface area contributed by atoms with Gasteiger partial charge in [0.25, 0.3) is 5.56 Å². The second-order valence-corrected chi connectivity index (χ2v) is 5.47. The molecule has 1 aromatic heterocycles. The lowest BCUT2D eigenvalue weighted by atomic mass is 10.2. The van der Waals surface area contributed by atoms with Crippen LogP contribution in [0.2, 0.25) is 0 Å². The van der Waals surface area contributed by atoms with E-state index >= 15 is 0 Å². The number of phosphoric acid groups is 1. The van der Waals surface area contributed by atoms with E-state index in [1.54, 1.807) is 0 Å². The van der Waals surface area contributed by atoms with Gasteiger partial charge in [-0.2, -0.15) is 0 Å². The third kappa shape index (κ3) is 3.40. The van der Waals surface area contributed by atoms with Crippen LogP contribution in [-0.2, 0) is 9.30 Å². The first-order valence-electron chi connectivity index (χ1n) is 5.77. The SMILES string of the molecule is O=c1ccn([C@H]2C[C@H](O)[C@@H](CO)O2)c(=O)n1OP(=O)(O)O. The van der Waals surface area contributed by atoms with Crippen LogP contribution < -0.4 is 15.9 Å². The van der Waals surface area contributed by atoms with Gasteiger partial charge in [0.05, 0.1) is 12.7 Å². The van der Waals surface area contributed by atoms with E-state index in [1.807, 2.05) is 0 Å². The molecule has 12 heteroatoms. The third-order valence-electron chi connectivity index (χ3n) is 2.85. The van der Waals surface area contributed by atoms with E-state index in [0.717, 1.165) is 16.8 Å². The van der Waals surface area contributed by atoms with Crippen LogP contribution in [0.25, 0.3) is 0 Å². The Hall–Kier alpha value is -1.49. The molecule has 0 bridgehead atoms. The highest BCUT2D eigenvalue weighted by Crippen LogP contribution is 2.30. The van der Waals surface area contributed by atoms with Gasteiger partial charge in [-0.05, 0) is 0 Å². The summed E-state index contributed by atoms with van der Waals surface area (Å²) in [5.41, 5.74) is -2.25. The first kappa shape index (κ1) is 15.9. The fraction of sp³-hybridized carbons (Fsp3) is 0.556. The van der Waals surface area contributed by atoms with E-state index in [9.17, 15) is 19.3 Å². The molecule has 0 saturated carbocycles. The van der Waals surface area contributed by atoms with E-state index in [0.29, 0.717) is 0 Å². The van der Waals surface area contributed by atoms with Crippen molar-refractivity contribution in [1.29, 1.82) is 0 Å². The molecule has 1 fully saturated rings. The minimum Gasteiger partial charge on any atom is -0.394 e. The van der Waals surface area contributed by atoms with Crippen molar-refractivity contribution in [3.8, 4) is 0 Å². The van der Waals surface area contributed by atoms with Gasteiger partial charge in [-0.25, -0.2) is 9.36 Å². The van der Waals surface area contributed by atoms with Crippen LogP contribution in [0.5, 0.6) is 0 Å². The molecule has 4 N–H and O–H groups in total. The van der Waals surface area contributed by atoms with E-state index in [-0.39, 0.29) is 11.2 Å². The van der Waals surface area contributed by atoms with Crippen LogP contribution in [0.3, 0.4) is 0 Å². The zero-order valence-electron chi connectivity index (χ0n) is 10.5. The molecule has 11 nitrogen and oxygen atoms in total. The number of nitrogens with zero attached hydrogens (tertiary/aromatic N) is 2. The van der Waals surface area contributed by atoms with Crippen LogP contribution >= 0.6 is 7.82 Å². The zero-order chi connectivity index (χ0) is 15.8. The molecule has 118 valence electrons. The van der Waals surface area contributed by atoms with Gasteiger partial charge < -0.3 is 19.6 Å². The molecule has 0 spiro atoms. The van der Waals surface area contributed by atoms with Crippen LogP contribution in [0, 0.1) is 0 Å². The van der Waals surface area contributed by atoms with E-state index in [2.05, 4.69) is 4.62 Å². The second-order valence-electron chi connectivity index (χ2n) is 4.33. The van der Waals surface area contributed by atoms with Crippen molar-refractivity contribution in [2.75, 3.05) is 6.61 Å². The lowest BCUT2D eigenvalue weighted by Crippen LogP contribution is -2.43. The second kappa shape index (κ2) is 5.72. The quantitative estimate of drug-likeness (QED) is 0.428. The molecule has 0 aliphatic carbocycles. The van der Waals surface area contributed by atoms with Crippen molar-refractivity contribution in [3.63, 3.8) is 0 Å². The Labute approximate surface area is 116 Å².